The standard InChI is InChI=1S/C18H13.2ClH.Zr/c1-2-7-13(6-1)15-10-5-11-17-16-9-4-3-8-14(16)12-18(15)17;;;/h1-13H;2*1H;/q-1;;;+3/p-2. The van der Waals surface area contributed by atoms with Crippen molar-refractivity contribution in [2.45, 2.75) is 5.92 Å². The van der Waals surface area contributed by atoms with Crippen LogP contribution in [0.25, 0.3) is 21.5 Å². The van der Waals surface area contributed by atoms with E-state index in [1.807, 2.05) is 0 Å². The first-order valence-corrected chi connectivity index (χ1v) is 6.35. The molecule has 0 saturated heterocycles. The van der Waals surface area contributed by atoms with Gasteiger partial charge in [-0.05, 0) is 5.92 Å². The van der Waals surface area contributed by atoms with E-state index in [2.05, 4.69) is 72.8 Å². The molecule has 0 saturated carbocycles. The third kappa shape index (κ3) is 3.06. The number of benzene rings is 2. The number of hydrogen-bond acceptors (Lipinski definition) is 0. The number of hydrogen-bond donors (Lipinski definition) is 0. The van der Waals surface area contributed by atoms with Crippen LogP contribution in [0.2, 0.25) is 0 Å². The Morgan fingerprint density at radius 2 is 1.43 bits per heavy atom. The van der Waals surface area contributed by atoms with E-state index < -0.39 is 0 Å². The van der Waals surface area contributed by atoms with Crippen LogP contribution in [0.15, 0.2) is 72.8 Å². The van der Waals surface area contributed by atoms with Crippen LogP contribution >= 0.6 is 0 Å². The number of halogens is 2. The summed E-state index contributed by atoms with van der Waals surface area (Å²) in [6, 6.07) is 17.6. The van der Waals surface area contributed by atoms with Crippen molar-refractivity contribution in [3.8, 4) is 0 Å². The van der Waals surface area contributed by atoms with Gasteiger partial charge in [0, 0.05) is 0 Å². The summed E-state index contributed by atoms with van der Waals surface area (Å²) in [5, 5.41) is 5.46. The Labute approximate surface area is 156 Å². The molecule has 0 aromatic heterocycles. The van der Waals surface area contributed by atoms with Crippen molar-refractivity contribution in [1.29, 1.82) is 0 Å². The van der Waals surface area contributed by atoms with Gasteiger partial charge >= 0.3 is 26.2 Å². The van der Waals surface area contributed by atoms with Crippen LogP contribution < -0.4 is 24.8 Å². The summed E-state index contributed by atoms with van der Waals surface area (Å²) in [7, 11) is 0. The molecule has 21 heavy (non-hydrogen) atoms. The van der Waals surface area contributed by atoms with Crippen molar-refractivity contribution >= 4 is 21.5 Å². The van der Waals surface area contributed by atoms with Gasteiger partial charge in [-0.15, -0.1) is 33.7 Å². The monoisotopic (exact) mass is 389 g/mol. The average Bonchev–Trinajstić information content (AvgIpc) is 3.05. The maximum atomic E-state index is 2.32. The molecule has 0 heterocycles. The van der Waals surface area contributed by atoms with Crippen molar-refractivity contribution in [3.63, 3.8) is 0 Å². The molecule has 3 aromatic carbocycles. The quantitative estimate of drug-likeness (QED) is 0.464. The smallest absolute Gasteiger partial charge is 1.00 e. The van der Waals surface area contributed by atoms with Gasteiger partial charge in [0.15, 0.2) is 0 Å². The van der Waals surface area contributed by atoms with Gasteiger partial charge in [0.2, 0.25) is 0 Å². The van der Waals surface area contributed by atoms with E-state index >= 15 is 0 Å². The minimum atomic E-state index is 0. The molecule has 0 N–H and O–H groups in total. The second-order valence-corrected chi connectivity index (χ2v) is 4.84. The molecule has 0 nitrogen and oxygen atoms in total. The van der Waals surface area contributed by atoms with Gasteiger partial charge in [-0.25, -0.2) is 0 Å². The third-order valence-electron chi connectivity index (χ3n) is 3.80. The molecule has 1 aliphatic carbocycles. The molecule has 4 rings (SSSR count). The Morgan fingerprint density at radius 3 is 2.19 bits per heavy atom. The number of fused-ring (bicyclic) bond motifs is 3. The summed E-state index contributed by atoms with van der Waals surface area (Å²) in [4.78, 5) is 0. The van der Waals surface area contributed by atoms with E-state index in [9.17, 15) is 0 Å². The maximum Gasteiger partial charge on any atom is 3.00 e. The van der Waals surface area contributed by atoms with Crippen molar-refractivity contribution in [2.75, 3.05) is 0 Å². The van der Waals surface area contributed by atoms with Crippen LogP contribution in [-0.4, -0.2) is 0 Å². The maximum absolute atomic E-state index is 2.32. The Morgan fingerprint density at radius 1 is 0.762 bits per heavy atom. The molecule has 0 fully saturated rings. The predicted octanol–water partition coefficient (Wildman–Crippen LogP) is -1.07. The molecular formula is C18H13Cl2Zr. The van der Waals surface area contributed by atoms with Gasteiger partial charge in [0.1, 0.15) is 0 Å². The summed E-state index contributed by atoms with van der Waals surface area (Å²) < 4.78 is 0. The fourth-order valence-corrected chi connectivity index (χ4v) is 2.93. The minimum absolute atomic E-state index is 0. The first kappa shape index (κ1) is 18.3. The second kappa shape index (κ2) is 7.50. The van der Waals surface area contributed by atoms with Crippen LogP contribution in [0.1, 0.15) is 11.5 Å². The second-order valence-electron chi connectivity index (χ2n) is 4.84. The third-order valence-corrected chi connectivity index (χ3v) is 3.80. The first-order chi connectivity index (χ1) is 8.93. The molecule has 0 aliphatic heterocycles. The van der Waals surface area contributed by atoms with Crippen molar-refractivity contribution in [1.82, 2.24) is 0 Å². The summed E-state index contributed by atoms with van der Waals surface area (Å²) in [5.74, 6) is 0.436. The summed E-state index contributed by atoms with van der Waals surface area (Å²) >= 11 is 0. The van der Waals surface area contributed by atoms with E-state index in [4.69, 9.17) is 0 Å². The van der Waals surface area contributed by atoms with E-state index in [0.717, 1.165) is 0 Å². The molecule has 103 valence electrons. The van der Waals surface area contributed by atoms with E-state index in [1.165, 1.54) is 27.1 Å². The topological polar surface area (TPSA) is 0 Å². The number of allylic oxidation sites excluding steroid dienone is 4. The Balaban J connectivity index is 0.000000735. The molecule has 1 aliphatic rings. The van der Waals surface area contributed by atoms with Crippen LogP contribution in [0.3, 0.4) is 0 Å². The van der Waals surface area contributed by atoms with Gasteiger partial charge in [0.05, 0.1) is 0 Å². The normalized spacial score (nSPS) is 13.0. The Kier molecular flexibility index (Phi) is 6.53. The van der Waals surface area contributed by atoms with Gasteiger partial charge in [-0.1, -0.05) is 66.3 Å². The van der Waals surface area contributed by atoms with Crippen LogP contribution in [-0.2, 0) is 26.2 Å². The molecular weight excluding hydrogens is 378 g/mol. The molecule has 0 amide bonds. The van der Waals surface area contributed by atoms with E-state index in [-0.39, 0.29) is 51.0 Å². The van der Waals surface area contributed by atoms with Crippen molar-refractivity contribution in [3.05, 3.63) is 78.4 Å². The zero-order valence-corrected chi connectivity index (χ0v) is 15.2. The summed E-state index contributed by atoms with van der Waals surface area (Å²) in [6.07, 6.45) is 8.77. The van der Waals surface area contributed by atoms with Gasteiger partial charge in [0.25, 0.3) is 0 Å². The average molecular weight is 391 g/mol. The molecule has 1 radical (unpaired) electrons. The Hall–Kier alpha value is -0.747. The molecule has 0 unspecified atom stereocenters. The molecule has 0 atom stereocenters. The zero-order chi connectivity index (χ0) is 11.9. The van der Waals surface area contributed by atoms with Crippen LogP contribution in [0.4, 0.5) is 0 Å². The largest absolute Gasteiger partial charge is 3.00 e. The van der Waals surface area contributed by atoms with Crippen molar-refractivity contribution in [2.24, 2.45) is 0 Å². The SMILES string of the molecule is C1=CC(c2cccc3c2[cH-]c2ccccc23)C=C1.[Cl-].[Cl-].[Zr+3]. The van der Waals surface area contributed by atoms with E-state index in [1.54, 1.807) is 0 Å². The number of rotatable bonds is 1. The molecule has 0 spiro atoms. The fourth-order valence-electron chi connectivity index (χ4n) is 2.93. The summed E-state index contributed by atoms with van der Waals surface area (Å²) in [6.45, 7) is 0. The minimum Gasteiger partial charge on any atom is -1.00 e. The molecule has 3 aromatic rings. The van der Waals surface area contributed by atoms with Crippen LogP contribution in [0.5, 0.6) is 0 Å². The van der Waals surface area contributed by atoms with E-state index in [0.29, 0.717) is 5.92 Å². The predicted molar refractivity (Wildman–Crippen MR) is 78.1 cm³/mol. The van der Waals surface area contributed by atoms with Gasteiger partial charge < -0.3 is 24.8 Å². The Bertz CT molecular complexity index is 787. The van der Waals surface area contributed by atoms with Gasteiger partial charge in [-0.3, -0.25) is 0 Å². The zero-order valence-electron chi connectivity index (χ0n) is 11.3. The molecule has 3 heteroatoms. The van der Waals surface area contributed by atoms with Crippen LogP contribution in [0, 0.1) is 0 Å². The van der Waals surface area contributed by atoms with Gasteiger partial charge in [-0.2, -0.15) is 0 Å². The molecule has 0 bridgehead atoms. The summed E-state index contributed by atoms with van der Waals surface area (Å²) in [5.41, 5.74) is 1.41. The first-order valence-electron chi connectivity index (χ1n) is 6.35. The van der Waals surface area contributed by atoms with Crippen molar-refractivity contribution < 1.29 is 51.0 Å². The fraction of sp³-hybridized carbons (Fsp3) is 0.0556.